The minimum absolute atomic E-state index is 0.0378. The number of amides is 1. The number of carbonyl (C=O) groups is 1. The summed E-state index contributed by atoms with van der Waals surface area (Å²) in [6, 6.07) is 26.6. The van der Waals surface area contributed by atoms with Crippen LogP contribution in [0.2, 0.25) is 0 Å². The highest BCUT2D eigenvalue weighted by Crippen LogP contribution is 2.27. The van der Waals surface area contributed by atoms with Crippen molar-refractivity contribution in [1.29, 1.82) is 0 Å². The maximum Gasteiger partial charge on any atom is 0.310 e. The van der Waals surface area contributed by atoms with Crippen molar-refractivity contribution < 1.29 is 18.9 Å². The molecule has 0 aliphatic carbocycles. The number of anilines is 1. The molecule has 0 bridgehead atoms. The summed E-state index contributed by atoms with van der Waals surface area (Å²) in [6.45, 7) is -0.0378. The highest BCUT2D eigenvalue weighted by atomic mass is 16.6. The minimum atomic E-state index is -0.514. The molecule has 0 aliphatic heterocycles. The topological polar surface area (TPSA) is 94.6 Å². The lowest BCUT2D eigenvalue weighted by Crippen LogP contribution is -2.10. The quantitative estimate of drug-likeness (QED) is 0.310. The van der Waals surface area contributed by atoms with Crippen molar-refractivity contribution in [2.75, 3.05) is 5.32 Å². The molecule has 1 N–H and O–H groups in total. The summed E-state index contributed by atoms with van der Waals surface area (Å²) in [4.78, 5) is 23.0. The molecule has 4 rings (SSSR count). The van der Waals surface area contributed by atoms with Crippen LogP contribution in [0.1, 0.15) is 16.3 Å². The second-order valence-electron chi connectivity index (χ2n) is 6.68. The first-order chi connectivity index (χ1) is 15.1. The molecule has 3 aromatic carbocycles. The molecule has 31 heavy (non-hydrogen) atoms. The second-order valence-corrected chi connectivity index (χ2v) is 6.68. The van der Waals surface area contributed by atoms with E-state index in [0.29, 0.717) is 11.4 Å². The molecule has 0 unspecified atom stereocenters. The van der Waals surface area contributed by atoms with Crippen LogP contribution in [0.25, 0.3) is 11.1 Å². The average molecular weight is 414 g/mol. The van der Waals surface area contributed by atoms with E-state index in [1.807, 2.05) is 54.6 Å². The Bertz CT molecular complexity index is 1200. The smallest absolute Gasteiger partial charge is 0.310 e. The summed E-state index contributed by atoms with van der Waals surface area (Å²) in [5.41, 5.74) is 2.64. The van der Waals surface area contributed by atoms with Gasteiger partial charge in [0.2, 0.25) is 0 Å². The maximum absolute atomic E-state index is 12.5. The van der Waals surface area contributed by atoms with Crippen LogP contribution in [0.15, 0.2) is 95.4 Å². The van der Waals surface area contributed by atoms with E-state index in [1.54, 1.807) is 18.2 Å². The van der Waals surface area contributed by atoms with Gasteiger partial charge < -0.3 is 14.5 Å². The molecule has 1 heterocycles. The number of nitrogens with one attached hydrogen (secondary N) is 1. The monoisotopic (exact) mass is 414 g/mol. The number of hydrogen-bond acceptors (Lipinski definition) is 5. The first kappa shape index (κ1) is 19.9. The van der Waals surface area contributed by atoms with Gasteiger partial charge in [-0.25, -0.2) is 0 Å². The van der Waals surface area contributed by atoms with E-state index in [1.165, 1.54) is 18.2 Å². The molecule has 0 radical (unpaired) electrons. The fraction of sp³-hybridized carbons (Fsp3) is 0.0417. The fourth-order valence-corrected chi connectivity index (χ4v) is 3.03. The summed E-state index contributed by atoms with van der Waals surface area (Å²) in [7, 11) is 0. The van der Waals surface area contributed by atoms with Crippen molar-refractivity contribution in [2.45, 2.75) is 6.61 Å². The van der Waals surface area contributed by atoms with E-state index >= 15 is 0 Å². The van der Waals surface area contributed by atoms with Gasteiger partial charge in [-0.15, -0.1) is 0 Å². The Morgan fingerprint density at radius 1 is 0.871 bits per heavy atom. The van der Waals surface area contributed by atoms with Crippen LogP contribution in [0, 0.1) is 10.1 Å². The van der Waals surface area contributed by atoms with Crippen LogP contribution in [0.3, 0.4) is 0 Å². The molecular formula is C24H18N2O5. The molecule has 0 saturated carbocycles. The van der Waals surface area contributed by atoms with Gasteiger partial charge in [-0.3, -0.25) is 14.9 Å². The van der Waals surface area contributed by atoms with Gasteiger partial charge in [-0.1, -0.05) is 54.6 Å². The van der Waals surface area contributed by atoms with E-state index in [2.05, 4.69) is 5.32 Å². The highest BCUT2D eigenvalue weighted by Gasteiger charge is 2.16. The van der Waals surface area contributed by atoms with Crippen LogP contribution >= 0.6 is 0 Å². The number of rotatable bonds is 7. The largest absolute Gasteiger partial charge is 0.479 e. The van der Waals surface area contributed by atoms with Crippen molar-refractivity contribution in [3.63, 3.8) is 0 Å². The lowest BCUT2D eigenvalue weighted by atomic mass is 10.1. The normalized spacial score (nSPS) is 10.5. The number of benzene rings is 3. The fourth-order valence-electron chi connectivity index (χ4n) is 3.03. The van der Waals surface area contributed by atoms with E-state index in [-0.39, 0.29) is 23.8 Å². The number of hydrogen-bond donors (Lipinski definition) is 1. The minimum Gasteiger partial charge on any atom is -0.479 e. The summed E-state index contributed by atoms with van der Waals surface area (Å²) in [5.74, 6) is 0.230. The lowest BCUT2D eigenvalue weighted by molar-refractivity contribution is -0.386. The van der Waals surface area contributed by atoms with Gasteiger partial charge in [-0.2, -0.15) is 0 Å². The molecule has 7 heteroatoms. The number of nitro groups is 1. The zero-order valence-electron chi connectivity index (χ0n) is 16.4. The molecule has 7 nitrogen and oxygen atoms in total. The predicted molar refractivity (Wildman–Crippen MR) is 116 cm³/mol. The molecule has 1 amide bonds. The third kappa shape index (κ3) is 4.79. The summed E-state index contributed by atoms with van der Waals surface area (Å²) in [5, 5.41) is 13.8. The lowest BCUT2D eigenvalue weighted by Gasteiger charge is -2.06. The van der Waals surface area contributed by atoms with Crippen LogP contribution < -0.4 is 10.1 Å². The third-order valence-corrected chi connectivity index (χ3v) is 4.57. The number of carbonyl (C=O) groups excluding carboxylic acids is 1. The molecule has 4 aromatic rings. The van der Waals surface area contributed by atoms with Gasteiger partial charge in [0.15, 0.2) is 11.5 Å². The maximum atomic E-state index is 12.5. The molecule has 0 saturated heterocycles. The van der Waals surface area contributed by atoms with E-state index in [9.17, 15) is 14.9 Å². The first-order valence-electron chi connectivity index (χ1n) is 9.52. The number of para-hydroxylation sites is 2. The number of nitro benzene ring substituents is 1. The standard InChI is InChI=1S/C24H18N2O5/c27-24(25-19-12-10-18(11-13-19)17-6-2-1-3-7-17)23-15-14-20(31-23)16-30-22-9-5-4-8-21(22)26(28)29/h1-15H,16H2,(H,25,27). The van der Waals surface area contributed by atoms with E-state index in [4.69, 9.17) is 9.15 Å². The Labute approximate surface area is 178 Å². The van der Waals surface area contributed by atoms with E-state index < -0.39 is 10.8 Å². The van der Waals surface area contributed by atoms with Crippen molar-refractivity contribution in [1.82, 2.24) is 0 Å². The Balaban J connectivity index is 1.38. The Kier molecular flexibility index (Phi) is 5.75. The van der Waals surface area contributed by atoms with Crippen molar-refractivity contribution in [3.8, 4) is 16.9 Å². The summed E-state index contributed by atoms with van der Waals surface area (Å²) >= 11 is 0. The SMILES string of the molecule is O=C(Nc1ccc(-c2ccccc2)cc1)c1ccc(COc2ccccc2[N+](=O)[O-])o1. The van der Waals surface area contributed by atoms with Gasteiger partial charge in [0.05, 0.1) is 4.92 Å². The molecular weight excluding hydrogens is 396 g/mol. The van der Waals surface area contributed by atoms with Gasteiger partial charge in [0.25, 0.3) is 5.91 Å². The summed E-state index contributed by atoms with van der Waals surface area (Å²) in [6.07, 6.45) is 0. The van der Waals surface area contributed by atoms with E-state index in [0.717, 1.165) is 11.1 Å². The van der Waals surface area contributed by atoms with Crippen LogP contribution in [-0.4, -0.2) is 10.8 Å². The van der Waals surface area contributed by atoms with Crippen molar-refractivity contribution >= 4 is 17.3 Å². The molecule has 154 valence electrons. The predicted octanol–water partition coefficient (Wildman–Crippen LogP) is 5.69. The zero-order valence-corrected chi connectivity index (χ0v) is 16.4. The Hall–Kier alpha value is -4.39. The van der Waals surface area contributed by atoms with Gasteiger partial charge in [0, 0.05) is 11.8 Å². The van der Waals surface area contributed by atoms with Crippen molar-refractivity contribution in [2.24, 2.45) is 0 Å². The molecule has 0 spiro atoms. The molecule has 0 fully saturated rings. The van der Waals surface area contributed by atoms with Crippen LogP contribution in [0.5, 0.6) is 5.75 Å². The molecule has 1 aromatic heterocycles. The third-order valence-electron chi connectivity index (χ3n) is 4.57. The first-order valence-corrected chi connectivity index (χ1v) is 9.52. The zero-order chi connectivity index (χ0) is 21.6. The summed E-state index contributed by atoms with van der Waals surface area (Å²) < 4.78 is 11.0. The van der Waals surface area contributed by atoms with Gasteiger partial charge in [-0.05, 0) is 41.5 Å². The Morgan fingerprint density at radius 2 is 1.55 bits per heavy atom. The van der Waals surface area contributed by atoms with Gasteiger partial charge >= 0.3 is 5.69 Å². The number of ether oxygens (including phenoxy) is 1. The van der Waals surface area contributed by atoms with Crippen LogP contribution in [0.4, 0.5) is 11.4 Å². The molecule has 0 atom stereocenters. The molecule has 0 aliphatic rings. The second kappa shape index (κ2) is 8.96. The number of furan rings is 1. The Morgan fingerprint density at radius 3 is 2.29 bits per heavy atom. The van der Waals surface area contributed by atoms with Gasteiger partial charge in [0.1, 0.15) is 12.4 Å². The average Bonchev–Trinajstić information content (AvgIpc) is 3.28. The number of nitrogens with zero attached hydrogens (tertiary/aromatic N) is 1. The van der Waals surface area contributed by atoms with Crippen molar-refractivity contribution in [3.05, 3.63) is 113 Å². The highest BCUT2D eigenvalue weighted by molar-refractivity contribution is 6.02. The van der Waals surface area contributed by atoms with Crippen LogP contribution in [-0.2, 0) is 6.61 Å².